The minimum absolute atomic E-state index is 0.301. The molecule has 2 atom stereocenters. The van der Waals surface area contributed by atoms with Crippen LogP contribution in [0.3, 0.4) is 0 Å². The molecule has 0 unspecified atom stereocenters. The Bertz CT molecular complexity index is 794. The van der Waals surface area contributed by atoms with Gasteiger partial charge in [0.1, 0.15) is 11.9 Å². The first kappa shape index (κ1) is 12.4. The third-order valence-corrected chi connectivity index (χ3v) is 4.11. The number of aliphatic hydroxyl groups is 1. The van der Waals surface area contributed by atoms with Gasteiger partial charge in [-0.25, -0.2) is 0 Å². The van der Waals surface area contributed by atoms with E-state index in [-0.39, 0.29) is 6.10 Å². The Kier molecular flexibility index (Phi) is 2.90. The van der Waals surface area contributed by atoms with Crippen LogP contribution in [0.25, 0.3) is 10.8 Å². The van der Waals surface area contributed by atoms with Crippen LogP contribution in [0.4, 0.5) is 0 Å². The smallest absolute Gasteiger partial charge is 0.150 e. The summed E-state index contributed by atoms with van der Waals surface area (Å²) in [5.41, 5.74) is 2.10. The fraction of sp³-hybridized carbons (Fsp3) is 0.158. The predicted octanol–water partition coefficient (Wildman–Crippen LogP) is 3.88. The Morgan fingerprint density at radius 3 is 2.52 bits per heavy atom. The average Bonchev–Trinajstić information content (AvgIpc) is 2.54. The van der Waals surface area contributed by atoms with Crippen LogP contribution in [0.1, 0.15) is 17.2 Å². The molecule has 1 aliphatic rings. The lowest BCUT2D eigenvalue weighted by Crippen LogP contribution is -2.30. The molecule has 21 heavy (non-hydrogen) atoms. The van der Waals surface area contributed by atoms with Crippen LogP contribution in [0.15, 0.2) is 66.7 Å². The minimum atomic E-state index is -0.513. The highest BCUT2D eigenvalue weighted by atomic mass is 16.5. The summed E-state index contributed by atoms with van der Waals surface area (Å²) in [4.78, 5) is 0. The zero-order chi connectivity index (χ0) is 14.2. The SMILES string of the molecule is O[C@H]1Cc2ccccc2O[C@@H]1c1ccc2ccccc2c1. The maximum atomic E-state index is 10.4. The molecule has 0 saturated carbocycles. The monoisotopic (exact) mass is 276 g/mol. The van der Waals surface area contributed by atoms with Crippen molar-refractivity contribution in [3.8, 4) is 5.75 Å². The molecule has 3 aromatic carbocycles. The summed E-state index contributed by atoms with van der Waals surface area (Å²) in [5.74, 6) is 0.876. The van der Waals surface area contributed by atoms with Crippen LogP contribution in [0.2, 0.25) is 0 Å². The number of para-hydroxylation sites is 1. The molecule has 3 aromatic rings. The van der Waals surface area contributed by atoms with Crippen molar-refractivity contribution in [3.63, 3.8) is 0 Å². The normalized spacial score (nSPS) is 20.8. The number of hydrogen-bond acceptors (Lipinski definition) is 2. The molecule has 2 nitrogen and oxygen atoms in total. The molecule has 1 heterocycles. The van der Waals surface area contributed by atoms with Gasteiger partial charge in [0, 0.05) is 6.42 Å². The van der Waals surface area contributed by atoms with Crippen LogP contribution in [0.5, 0.6) is 5.75 Å². The van der Waals surface area contributed by atoms with Gasteiger partial charge in [-0.3, -0.25) is 0 Å². The van der Waals surface area contributed by atoms with E-state index in [0.29, 0.717) is 6.42 Å². The summed E-state index contributed by atoms with van der Waals surface area (Å²) in [6.45, 7) is 0. The molecular formula is C19H16O2. The van der Waals surface area contributed by atoms with E-state index in [1.165, 1.54) is 10.8 Å². The van der Waals surface area contributed by atoms with E-state index in [0.717, 1.165) is 16.9 Å². The molecule has 0 aliphatic carbocycles. The zero-order valence-corrected chi connectivity index (χ0v) is 11.6. The fourth-order valence-electron chi connectivity index (χ4n) is 3.01. The van der Waals surface area contributed by atoms with Gasteiger partial charge in [0.25, 0.3) is 0 Å². The third kappa shape index (κ3) is 2.18. The first-order valence-electron chi connectivity index (χ1n) is 7.22. The second-order valence-electron chi connectivity index (χ2n) is 5.52. The van der Waals surface area contributed by atoms with Gasteiger partial charge in [0.15, 0.2) is 0 Å². The summed E-state index contributed by atoms with van der Waals surface area (Å²) in [5, 5.41) is 12.8. The Labute approximate surface area is 123 Å². The van der Waals surface area contributed by atoms with Crippen molar-refractivity contribution in [1.82, 2.24) is 0 Å². The van der Waals surface area contributed by atoms with Gasteiger partial charge in [-0.1, -0.05) is 54.6 Å². The maximum absolute atomic E-state index is 10.4. The van der Waals surface area contributed by atoms with E-state index < -0.39 is 6.10 Å². The molecule has 0 fully saturated rings. The summed E-state index contributed by atoms with van der Waals surface area (Å²) in [7, 11) is 0. The average molecular weight is 276 g/mol. The number of aliphatic hydroxyl groups excluding tert-OH is 1. The zero-order valence-electron chi connectivity index (χ0n) is 11.6. The van der Waals surface area contributed by atoms with E-state index in [2.05, 4.69) is 24.3 Å². The van der Waals surface area contributed by atoms with Crippen LogP contribution in [0, 0.1) is 0 Å². The third-order valence-electron chi connectivity index (χ3n) is 4.11. The maximum Gasteiger partial charge on any atom is 0.150 e. The molecule has 1 aliphatic heterocycles. The van der Waals surface area contributed by atoms with Gasteiger partial charge >= 0.3 is 0 Å². The fourth-order valence-corrected chi connectivity index (χ4v) is 3.01. The van der Waals surface area contributed by atoms with E-state index in [1.807, 2.05) is 42.5 Å². The Balaban J connectivity index is 1.75. The van der Waals surface area contributed by atoms with Crippen molar-refractivity contribution in [2.75, 3.05) is 0 Å². The van der Waals surface area contributed by atoms with Crippen molar-refractivity contribution < 1.29 is 9.84 Å². The standard InChI is InChI=1S/C19H16O2/c20-17-12-15-7-3-4-8-18(15)21-19(17)16-10-9-13-5-1-2-6-14(13)11-16/h1-11,17,19-20H,12H2/t17-,19+/m0/s1. The van der Waals surface area contributed by atoms with Crippen LogP contribution < -0.4 is 4.74 Å². The molecule has 0 bridgehead atoms. The van der Waals surface area contributed by atoms with Crippen molar-refractivity contribution in [1.29, 1.82) is 0 Å². The molecule has 0 spiro atoms. The predicted molar refractivity (Wildman–Crippen MR) is 83.5 cm³/mol. The van der Waals surface area contributed by atoms with Gasteiger partial charge < -0.3 is 9.84 Å². The summed E-state index contributed by atoms with van der Waals surface area (Å²) < 4.78 is 6.03. The Hall–Kier alpha value is -2.32. The highest BCUT2D eigenvalue weighted by molar-refractivity contribution is 5.83. The lowest BCUT2D eigenvalue weighted by molar-refractivity contribution is 0.0209. The van der Waals surface area contributed by atoms with Gasteiger partial charge in [-0.15, -0.1) is 0 Å². The van der Waals surface area contributed by atoms with Crippen molar-refractivity contribution in [2.24, 2.45) is 0 Å². The van der Waals surface area contributed by atoms with Crippen molar-refractivity contribution in [3.05, 3.63) is 77.9 Å². The molecule has 0 amide bonds. The molecule has 2 heteroatoms. The molecule has 0 saturated heterocycles. The van der Waals surface area contributed by atoms with Crippen LogP contribution in [-0.4, -0.2) is 11.2 Å². The number of benzene rings is 3. The number of ether oxygens (including phenoxy) is 1. The molecule has 0 aromatic heterocycles. The molecule has 4 rings (SSSR count). The molecular weight excluding hydrogens is 260 g/mol. The lowest BCUT2D eigenvalue weighted by atomic mass is 9.93. The van der Waals surface area contributed by atoms with Gasteiger partial charge in [0.05, 0.1) is 6.10 Å². The number of hydrogen-bond donors (Lipinski definition) is 1. The number of fused-ring (bicyclic) bond motifs is 2. The number of rotatable bonds is 1. The summed E-state index contributed by atoms with van der Waals surface area (Å²) in [6.07, 6.45) is -0.182. The highest BCUT2D eigenvalue weighted by Gasteiger charge is 2.29. The van der Waals surface area contributed by atoms with Crippen molar-refractivity contribution in [2.45, 2.75) is 18.6 Å². The second-order valence-corrected chi connectivity index (χ2v) is 5.52. The summed E-state index contributed by atoms with van der Waals surface area (Å²) in [6, 6.07) is 22.4. The Morgan fingerprint density at radius 2 is 1.62 bits per heavy atom. The van der Waals surface area contributed by atoms with Gasteiger partial charge in [-0.2, -0.15) is 0 Å². The van der Waals surface area contributed by atoms with Crippen LogP contribution in [-0.2, 0) is 6.42 Å². The molecule has 1 N–H and O–H groups in total. The topological polar surface area (TPSA) is 29.5 Å². The second kappa shape index (κ2) is 4.90. The molecule has 0 radical (unpaired) electrons. The Morgan fingerprint density at radius 1 is 0.857 bits per heavy atom. The lowest BCUT2D eigenvalue weighted by Gasteiger charge is -2.31. The highest BCUT2D eigenvalue weighted by Crippen LogP contribution is 2.35. The van der Waals surface area contributed by atoms with Gasteiger partial charge in [-0.05, 0) is 34.0 Å². The first-order chi connectivity index (χ1) is 10.3. The van der Waals surface area contributed by atoms with E-state index in [9.17, 15) is 5.11 Å². The summed E-state index contributed by atoms with van der Waals surface area (Å²) >= 11 is 0. The van der Waals surface area contributed by atoms with E-state index >= 15 is 0 Å². The van der Waals surface area contributed by atoms with Gasteiger partial charge in [0.2, 0.25) is 0 Å². The van der Waals surface area contributed by atoms with Crippen LogP contribution >= 0.6 is 0 Å². The van der Waals surface area contributed by atoms with E-state index in [1.54, 1.807) is 0 Å². The largest absolute Gasteiger partial charge is 0.483 e. The van der Waals surface area contributed by atoms with Crippen molar-refractivity contribution >= 4 is 10.8 Å². The minimum Gasteiger partial charge on any atom is -0.483 e. The van der Waals surface area contributed by atoms with E-state index in [4.69, 9.17) is 4.74 Å². The quantitative estimate of drug-likeness (QED) is 0.731. The first-order valence-corrected chi connectivity index (χ1v) is 7.22. The molecule has 104 valence electrons.